The van der Waals surface area contributed by atoms with Gasteiger partial charge in [0, 0.05) is 17.0 Å². The Bertz CT molecular complexity index is 1270. The van der Waals surface area contributed by atoms with E-state index in [1.807, 2.05) is 5.38 Å². The van der Waals surface area contributed by atoms with Gasteiger partial charge >= 0.3 is 5.97 Å². The predicted molar refractivity (Wildman–Crippen MR) is 117 cm³/mol. The number of rotatable bonds is 6. The minimum atomic E-state index is -0.451. The second-order valence-electron chi connectivity index (χ2n) is 6.38. The van der Waals surface area contributed by atoms with Gasteiger partial charge in [-0.1, -0.05) is 18.2 Å². The molecule has 2 heterocycles. The predicted octanol–water partition coefficient (Wildman–Crippen LogP) is 5.48. The Morgan fingerprint density at radius 1 is 1.06 bits per heavy atom. The lowest BCUT2D eigenvalue weighted by Gasteiger charge is -2.12. The summed E-state index contributed by atoms with van der Waals surface area (Å²) in [7, 11) is 2.84. The lowest BCUT2D eigenvalue weighted by Crippen LogP contribution is -1.95. The third-order valence-electron chi connectivity index (χ3n) is 4.50. The van der Waals surface area contributed by atoms with Gasteiger partial charge in [-0.3, -0.25) is 0 Å². The van der Waals surface area contributed by atoms with E-state index in [0.29, 0.717) is 17.4 Å². The molecule has 4 rings (SSSR count). The first-order valence-electron chi connectivity index (χ1n) is 9.19. The van der Waals surface area contributed by atoms with Crippen LogP contribution in [-0.2, 0) is 9.53 Å². The quantitative estimate of drug-likeness (QED) is 0.294. The Kier molecular flexibility index (Phi) is 5.90. The van der Waals surface area contributed by atoms with Crippen LogP contribution in [0, 0.1) is 5.82 Å². The van der Waals surface area contributed by atoms with Crippen LogP contribution >= 0.6 is 11.3 Å². The van der Waals surface area contributed by atoms with Gasteiger partial charge in [0.25, 0.3) is 0 Å². The highest BCUT2D eigenvalue weighted by Gasteiger charge is 2.16. The molecule has 0 fully saturated rings. The molecule has 0 saturated heterocycles. The number of benzene rings is 2. The fraction of sp³-hybridized carbons (Fsp3) is 0.0870. The van der Waals surface area contributed by atoms with E-state index in [2.05, 4.69) is 14.7 Å². The van der Waals surface area contributed by atoms with Crippen LogP contribution in [0.4, 0.5) is 4.39 Å². The highest BCUT2D eigenvalue weighted by Crippen LogP contribution is 2.40. The number of nitrogens with zero attached hydrogens (tertiary/aromatic N) is 2. The van der Waals surface area contributed by atoms with Crippen molar-refractivity contribution >= 4 is 33.6 Å². The molecule has 0 aliphatic carbocycles. The Hall–Kier alpha value is -3.78. The van der Waals surface area contributed by atoms with E-state index < -0.39 is 5.97 Å². The lowest BCUT2D eigenvalue weighted by atomic mass is 10.1. The topological polar surface area (TPSA) is 70.5 Å². The highest BCUT2D eigenvalue weighted by atomic mass is 32.1. The summed E-state index contributed by atoms with van der Waals surface area (Å²) in [6, 6.07) is 11.5. The molecule has 6 nitrogen and oxygen atoms in total. The number of aromatic nitrogens is 2. The lowest BCUT2D eigenvalue weighted by molar-refractivity contribution is -0.134. The van der Waals surface area contributed by atoms with Gasteiger partial charge in [0.1, 0.15) is 17.0 Å². The summed E-state index contributed by atoms with van der Waals surface area (Å²) in [5.74, 6) is 0.531. The first-order chi connectivity index (χ1) is 15.1. The van der Waals surface area contributed by atoms with E-state index in [1.54, 1.807) is 36.4 Å². The summed E-state index contributed by atoms with van der Waals surface area (Å²) in [5.41, 5.74) is 2.43. The van der Waals surface area contributed by atoms with Crippen LogP contribution in [0.5, 0.6) is 17.4 Å². The van der Waals surface area contributed by atoms with E-state index in [1.165, 1.54) is 50.1 Å². The number of halogens is 1. The van der Waals surface area contributed by atoms with Gasteiger partial charge in [-0.15, -0.1) is 11.3 Å². The number of fused-ring (bicyclic) bond motifs is 1. The van der Waals surface area contributed by atoms with Crippen molar-refractivity contribution in [3.05, 3.63) is 71.6 Å². The van der Waals surface area contributed by atoms with Crippen LogP contribution in [0.3, 0.4) is 0 Å². The molecule has 8 heteroatoms. The monoisotopic (exact) mass is 436 g/mol. The van der Waals surface area contributed by atoms with E-state index in [4.69, 9.17) is 9.47 Å². The zero-order valence-electron chi connectivity index (χ0n) is 16.7. The molecule has 0 saturated carbocycles. The van der Waals surface area contributed by atoms with Crippen molar-refractivity contribution in [3.8, 4) is 28.5 Å². The van der Waals surface area contributed by atoms with Crippen molar-refractivity contribution in [2.45, 2.75) is 0 Å². The Morgan fingerprint density at radius 2 is 1.87 bits per heavy atom. The van der Waals surface area contributed by atoms with Gasteiger partial charge < -0.3 is 14.2 Å². The number of esters is 1. The fourth-order valence-electron chi connectivity index (χ4n) is 2.98. The minimum absolute atomic E-state index is 0.304. The molecule has 4 aromatic rings. The van der Waals surface area contributed by atoms with E-state index in [0.717, 1.165) is 26.9 Å². The normalized spacial score (nSPS) is 11.1. The second-order valence-corrected chi connectivity index (χ2v) is 7.24. The van der Waals surface area contributed by atoms with Crippen LogP contribution in [0.15, 0.2) is 60.2 Å². The molecule has 2 aromatic carbocycles. The van der Waals surface area contributed by atoms with E-state index in [-0.39, 0.29) is 5.82 Å². The second kappa shape index (κ2) is 8.93. The standard InChI is InChI=1S/C23H17FN2O4S/c1-28-19-11-14(4-10-20(27)29-2)3-9-18(19)30-22-21-17(12-31-23(21)26-13-25-22)15-5-7-16(24)8-6-15/h3-13H,1-2H3/b10-4+. The smallest absolute Gasteiger partial charge is 0.330 e. The highest BCUT2D eigenvalue weighted by molar-refractivity contribution is 7.17. The maximum Gasteiger partial charge on any atom is 0.330 e. The molecule has 2 aromatic heterocycles. The maximum absolute atomic E-state index is 13.4. The van der Waals surface area contributed by atoms with Crippen molar-refractivity contribution in [1.29, 1.82) is 0 Å². The zero-order valence-corrected chi connectivity index (χ0v) is 17.5. The summed E-state index contributed by atoms with van der Waals surface area (Å²) in [6.45, 7) is 0. The molecule has 0 atom stereocenters. The molecule has 0 bridgehead atoms. The van der Waals surface area contributed by atoms with Gasteiger partial charge in [-0.05, 0) is 41.5 Å². The molecular formula is C23H17FN2O4S. The Balaban J connectivity index is 1.72. The summed E-state index contributed by atoms with van der Waals surface area (Å²) in [4.78, 5) is 20.7. The largest absolute Gasteiger partial charge is 0.493 e. The van der Waals surface area contributed by atoms with Crippen molar-refractivity contribution in [1.82, 2.24) is 9.97 Å². The van der Waals surface area contributed by atoms with Crippen molar-refractivity contribution in [3.63, 3.8) is 0 Å². The summed E-state index contributed by atoms with van der Waals surface area (Å²) in [5, 5.41) is 2.67. The summed E-state index contributed by atoms with van der Waals surface area (Å²) >= 11 is 1.45. The van der Waals surface area contributed by atoms with E-state index >= 15 is 0 Å². The number of ether oxygens (including phenoxy) is 3. The number of thiophene rings is 1. The average molecular weight is 436 g/mol. The number of hydrogen-bond acceptors (Lipinski definition) is 7. The average Bonchev–Trinajstić information content (AvgIpc) is 3.23. The van der Waals surface area contributed by atoms with Gasteiger partial charge in [0.05, 0.1) is 19.6 Å². The SMILES string of the molecule is COC(=O)/C=C/c1ccc(Oc2ncnc3scc(-c4ccc(F)cc4)c23)c(OC)c1. The van der Waals surface area contributed by atoms with Crippen molar-refractivity contribution < 1.29 is 23.4 Å². The molecule has 0 unspecified atom stereocenters. The van der Waals surface area contributed by atoms with Gasteiger partial charge in [0.2, 0.25) is 5.88 Å². The first-order valence-corrected chi connectivity index (χ1v) is 10.1. The minimum Gasteiger partial charge on any atom is -0.493 e. The number of methoxy groups -OCH3 is 2. The molecule has 31 heavy (non-hydrogen) atoms. The summed E-state index contributed by atoms with van der Waals surface area (Å²) < 4.78 is 29.5. The van der Waals surface area contributed by atoms with Gasteiger partial charge in [-0.25, -0.2) is 19.2 Å². The number of hydrogen-bond donors (Lipinski definition) is 0. The van der Waals surface area contributed by atoms with Gasteiger partial charge in [0.15, 0.2) is 11.5 Å². The molecule has 0 amide bonds. The molecule has 0 aliphatic heterocycles. The van der Waals surface area contributed by atoms with Crippen LogP contribution in [0.1, 0.15) is 5.56 Å². The van der Waals surface area contributed by atoms with E-state index in [9.17, 15) is 9.18 Å². The third-order valence-corrected chi connectivity index (χ3v) is 5.38. The van der Waals surface area contributed by atoms with Crippen LogP contribution in [0.25, 0.3) is 27.4 Å². The molecule has 0 radical (unpaired) electrons. The Morgan fingerprint density at radius 3 is 2.61 bits per heavy atom. The summed E-state index contributed by atoms with van der Waals surface area (Å²) in [6.07, 6.45) is 4.37. The molecule has 0 spiro atoms. The Labute approximate surface area is 181 Å². The van der Waals surface area contributed by atoms with Gasteiger partial charge in [-0.2, -0.15) is 0 Å². The molecule has 0 aliphatic rings. The zero-order chi connectivity index (χ0) is 21.8. The number of carbonyl (C=O) groups excluding carboxylic acids is 1. The van der Waals surface area contributed by atoms with Crippen LogP contribution in [0.2, 0.25) is 0 Å². The molecular weight excluding hydrogens is 419 g/mol. The number of carbonyl (C=O) groups is 1. The van der Waals surface area contributed by atoms with Crippen LogP contribution < -0.4 is 9.47 Å². The molecule has 0 N–H and O–H groups in total. The molecule has 156 valence electrons. The first kappa shape index (κ1) is 20.5. The van der Waals surface area contributed by atoms with Crippen molar-refractivity contribution in [2.75, 3.05) is 14.2 Å². The fourth-order valence-corrected chi connectivity index (χ4v) is 3.88. The third kappa shape index (κ3) is 4.39. The van der Waals surface area contributed by atoms with Crippen LogP contribution in [-0.4, -0.2) is 30.2 Å². The van der Waals surface area contributed by atoms with Crippen molar-refractivity contribution in [2.24, 2.45) is 0 Å². The maximum atomic E-state index is 13.4.